The molecule has 134 valence electrons. The molecule has 0 aromatic heterocycles. The van der Waals surface area contributed by atoms with Crippen LogP contribution in [0, 0.1) is 0 Å². The topological polar surface area (TPSA) is 61.8 Å². The van der Waals surface area contributed by atoms with E-state index < -0.39 is 5.60 Å². The van der Waals surface area contributed by atoms with Gasteiger partial charge in [-0.3, -0.25) is 0 Å². The number of nitrogens with zero attached hydrogens (tertiary/aromatic N) is 1. The van der Waals surface area contributed by atoms with Crippen molar-refractivity contribution in [3.63, 3.8) is 0 Å². The molecule has 0 spiro atoms. The highest BCUT2D eigenvalue weighted by Gasteiger charge is 2.27. The Morgan fingerprint density at radius 1 is 1.24 bits per heavy atom. The second-order valence-corrected chi connectivity index (χ2v) is 6.96. The molecule has 2 aromatic rings. The van der Waals surface area contributed by atoms with Gasteiger partial charge in [-0.2, -0.15) is 0 Å². The van der Waals surface area contributed by atoms with Gasteiger partial charge in [-0.1, -0.05) is 30.3 Å². The average Bonchev–Trinajstić information content (AvgIpc) is 2.79. The predicted molar refractivity (Wildman–Crippen MR) is 98.8 cm³/mol. The van der Waals surface area contributed by atoms with Crippen molar-refractivity contribution in [2.75, 3.05) is 20.2 Å². The Balaban J connectivity index is 1.73. The van der Waals surface area contributed by atoms with Crippen LogP contribution in [0.1, 0.15) is 31.7 Å². The van der Waals surface area contributed by atoms with Crippen LogP contribution in [0.4, 0.5) is 4.79 Å². The Morgan fingerprint density at radius 2 is 2.04 bits per heavy atom. The summed E-state index contributed by atoms with van der Waals surface area (Å²) in [5.41, 5.74) is 0.309. The van der Waals surface area contributed by atoms with Crippen LogP contribution in [0.5, 0.6) is 5.75 Å². The number of likely N-dealkylation sites (tertiary alicyclic amines) is 1. The molecule has 0 aliphatic carbocycles. The van der Waals surface area contributed by atoms with Gasteiger partial charge in [-0.05, 0) is 43.0 Å². The molecule has 0 saturated carbocycles. The number of nitrogens with one attached hydrogen (secondary N) is 1. The number of ether oxygens (including phenoxy) is 1. The van der Waals surface area contributed by atoms with E-state index in [1.54, 1.807) is 12.0 Å². The molecule has 0 unspecified atom stereocenters. The zero-order valence-electron chi connectivity index (χ0n) is 14.9. The summed E-state index contributed by atoms with van der Waals surface area (Å²) in [7, 11) is 1.65. The van der Waals surface area contributed by atoms with Crippen molar-refractivity contribution in [3.05, 3.63) is 42.0 Å². The smallest absolute Gasteiger partial charge is 0.317 e. The number of fused-ring (bicyclic) bond motifs is 1. The van der Waals surface area contributed by atoms with Crippen molar-refractivity contribution < 1.29 is 14.6 Å². The number of rotatable bonds is 3. The monoisotopic (exact) mass is 342 g/mol. The third-order valence-corrected chi connectivity index (χ3v) is 4.98. The fraction of sp³-hybridized carbons (Fsp3) is 0.450. The third-order valence-electron chi connectivity index (χ3n) is 4.98. The summed E-state index contributed by atoms with van der Waals surface area (Å²) in [4.78, 5) is 14.4. The fourth-order valence-electron chi connectivity index (χ4n) is 3.43. The highest BCUT2D eigenvalue weighted by molar-refractivity contribution is 5.88. The summed E-state index contributed by atoms with van der Waals surface area (Å²) < 4.78 is 5.48. The lowest BCUT2D eigenvalue weighted by Gasteiger charge is -2.23. The molecule has 1 heterocycles. The predicted octanol–water partition coefficient (Wildman–Crippen LogP) is 3.29. The molecule has 2 N–H and O–H groups in total. The van der Waals surface area contributed by atoms with Gasteiger partial charge in [-0.15, -0.1) is 0 Å². The lowest BCUT2D eigenvalue weighted by atomic mass is 9.98. The molecular weight excluding hydrogens is 316 g/mol. The number of methoxy groups -OCH3 is 1. The van der Waals surface area contributed by atoms with E-state index in [0.29, 0.717) is 26.1 Å². The Hall–Kier alpha value is -2.27. The quantitative estimate of drug-likeness (QED) is 0.900. The zero-order chi connectivity index (χ0) is 17.9. The van der Waals surface area contributed by atoms with Gasteiger partial charge in [0.1, 0.15) is 5.75 Å². The summed E-state index contributed by atoms with van der Waals surface area (Å²) in [5, 5.41) is 15.4. The van der Waals surface area contributed by atoms with Crippen LogP contribution in [-0.4, -0.2) is 41.8 Å². The van der Waals surface area contributed by atoms with E-state index in [0.717, 1.165) is 34.9 Å². The van der Waals surface area contributed by atoms with Gasteiger partial charge < -0.3 is 20.1 Å². The summed E-state index contributed by atoms with van der Waals surface area (Å²) in [6, 6.07) is 12.0. The van der Waals surface area contributed by atoms with Crippen molar-refractivity contribution in [2.24, 2.45) is 0 Å². The number of hydrogen-bond acceptors (Lipinski definition) is 3. The van der Waals surface area contributed by atoms with Gasteiger partial charge in [0.25, 0.3) is 0 Å². The number of aliphatic hydroxyl groups is 1. The molecule has 2 aromatic carbocycles. The second-order valence-electron chi connectivity index (χ2n) is 6.96. The van der Waals surface area contributed by atoms with E-state index in [4.69, 9.17) is 4.74 Å². The van der Waals surface area contributed by atoms with Crippen molar-refractivity contribution in [3.8, 4) is 5.75 Å². The highest BCUT2D eigenvalue weighted by Crippen LogP contribution is 2.28. The molecule has 2 amide bonds. The molecule has 3 rings (SSSR count). The van der Waals surface area contributed by atoms with Gasteiger partial charge in [0.15, 0.2) is 0 Å². The molecule has 5 heteroatoms. The summed E-state index contributed by atoms with van der Waals surface area (Å²) in [5.74, 6) is 0.776. The Bertz CT molecular complexity index is 758. The first-order valence-electron chi connectivity index (χ1n) is 8.80. The first-order valence-corrected chi connectivity index (χ1v) is 8.80. The maximum Gasteiger partial charge on any atom is 0.317 e. The van der Waals surface area contributed by atoms with Crippen LogP contribution in [-0.2, 0) is 6.54 Å². The number of benzene rings is 2. The summed E-state index contributed by atoms with van der Waals surface area (Å²) in [6.45, 7) is 3.51. The summed E-state index contributed by atoms with van der Waals surface area (Å²) in [6.07, 6.45) is 2.16. The maximum atomic E-state index is 12.6. The molecule has 1 aliphatic heterocycles. The lowest BCUT2D eigenvalue weighted by Crippen LogP contribution is -2.40. The minimum absolute atomic E-state index is 0.0901. The fourth-order valence-corrected chi connectivity index (χ4v) is 3.43. The van der Waals surface area contributed by atoms with Crippen LogP contribution in [0.2, 0.25) is 0 Å². The van der Waals surface area contributed by atoms with E-state index in [-0.39, 0.29) is 6.03 Å². The average molecular weight is 342 g/mol. The van der Waals surface area contributed by atoms with Gasteiger partial charge >= 0.3 is 6.03 Å². The van der Waals surface area contributed by atoms with Crippen molar-refractivity contribution in [1.82, 2.24) is 10.2 Å². The maximum absolute atomic E-state index is 12.6. The van der Waals surface area contributed by atoms with Crippen LogP contribution >= 0.6 is 0 Å². The number of urea groups is 1. The normalized spacial score (nSPS) is 21.0. The molecule has 0 radical (unpaired) electrons. The molecule has 1 saturated heterocycles. The van der Waals surface area contributed by atoms with Crippen molar-refractivity contribution in [2.45, 2.75) is 38.3 Å². The molecule has 25 heavy (non-hydrogen) atoms. The number of carbonyl (C=O) groups is 1. The van der Waals surface area contributed by atoms with Crippen molar-refractivity contribution >= 4 is 16.8 Å². The summed E-state index contributed by atoms with van der Waals surface area (Å²) >= 11 is 0. The van der Waals surface area contributed by atoms with E-state index in [2.05, 4.69) is 11.4 Å². The highest BCUT2D eigenvalue weighted by atomic mass is 16.5. The minimum Gasteiger partial charge on any atom is -0.496 e. The van der Waals surface area contributed by atoms with Crippen LogP contribution in [0.25, 0.3) is 10.8 Å². The second kappa shape index (κ2) is 7.31. The molecule has 1 atom stereocenters. The Morgan fingerprint density at radius 3 is 2.84 bits per heavy atom. The first-order chi connectivity index (χ1) is 12.0. The lowest BCUT2D eigenvalue weighted by molar-refractivity contribution is 0.0457. The van der Waals surface area contributed by atoms with Crippen LogP contribution in [0.15, 0.2) is 36.4 Å². The minimum atomic E-state index is -0.673. The Labute approximate surface area is 148 Å². The van der Waals surface area contributed by atoms with E-state index in [9.17, 15) is 9.90 Å². The molecule has 0 bridgehead atoms. The Kier molecular flexibility index (Phi) is 5.13. The largest absolute Gasteiger partial charge is 0.496 e. The van der Waals surface area contributed by atoms with E-state index >= 15 is 0 Å². The SMILES string of the molecule is COc1ccc2ccccc2c1CNC(=O)N1CCC[C@](C)(O)CC1. The van der Waals surface area contributed by atoms with Gasteiger partial charge in [-0.25, -0.2) is 4.79 Å². The number of hydrogen-bond donors (Lipinski definition) is 2. The van der Waals surface area contributed by atoms with Gasteiger partial charge in [0.2, 0.25) is 0 Å². The molecule has 1 aliphatic rings. The molecule has 1 fully saturated rings. The number of carbonyl (C=O) groups excluding carboxylic acids is 1. The van der Waals surface area contributed by atoms with E-state index in [1.807, 2.05) is 37.3 Å². The van der Waals surface area contributed by atoms with Crippen LogP contribution in [0.3, 0.4) is 0 Å². The standard InChI is InChI=1S/C20H26N2O3/c1-20(24)10-5-12-22(13-11-20)19(23)21-14-17-16-7-4-3-6-15(16)8-9-18(17)25-2/h3-4,6-9,24H,5,10-14H2,1-2H3,(H,21,23)/t20-/m0/s1. The van der Waals surface area contributed by atoms with Gasteiger partial charge in [0, 0.05) is 25.2 Å². The molecular formula is C20H26N2O3. The number of amides is 2. The zero-order valence-corrected chi connectivity index (χ0v) is 14.9. The van der Waals surface area contributed by atoms with Crippen molar-refractivity contribution in [1.29, 1.82) is 0 Å². The first kappa shape index (κ1) is 17.5. The van der Waals surface area contributed by atoms with Gasteiger partial charge in [0.05, 0.1) is 12.7 Å². The van der Waals surface area contributed by atoms with Crippen LogP contribution < -0.4 is 10.1 Å². The molecule has 5 nitrogen and oxygen atoms in total. The third kappa shape index (κ3) is 4.04. The van der Waals surface area contributed by atoms with E-state index in [1.165, 1.54) is 0 Å².